The Bertz CT molecular complexity index is 845. The molecule has 0 fully saturated rings. The molecule has 1 aromatic heterocycles. The minimum Gasteiger partial charge on any atom is -0.343 e. The fraction of sp³-hybridized carbons (Fsp3) is 0.118. The van der Waals surface area contributed by atoms with Crippen molar-refractivity contribution >= 4 is 5.91 Å². The standard InChI is InChI=1S/C17H14FN3O2/c1-11-5-4-6-12(9-11)17(22)19-10-15-20-16(21-23-15)13-7-2-3-8-14(13)18/h2-9H,10H2,1H3,(H,19,22). The SMILES string of the molecule is Cc1cccc(C(=O)NCc2nc(-c3ccccc3F)no2)c1. The van der Waals surface area contributed by atoms with Gasteiger partial charge >= 0.3 is 0 Å². The van der Waals surface area contributed by atoms with Gasteiger partial charge < -0.3 is 9.84 Å². The van der Waals surface area contributed by atoms with Crippen LogP contribution in [-0.2, 0) is 6.54 Å². The molecule has 0 spiro atoms. The maximum Gasteiger partial charge on any atom is 0.251 e. The van der Waals surface area contributed by atoms with Crippen LogP contribution in [-0.4, -0.2) is 16.0 Å². The highest BCUT2D eigenvalue weighted by Crippen LogP contribution is 2.19. The van der Waals surface area contributed by atoms with Crippen molar-refractivity contribution in [3.05, 3.63) is 71.4 Å². The number of hydrogen-bond donors (Lipinski definition) is 1. The predicted octanol–water partition coefficient (Wildman–Crippen LogP) is 3.11. The highest BCUT2D eigenvalue weighted by atomic mass is 19.1. The Morgan fingerprint density at radius 2 is 2.04 bits per heavy atom. The molecule has 3 rings (SSSR count). The van der Waals surface area contributed by atoms with E-state index < -0.39 is 5.82 Å². The molecular weight excluding hydrogens is 297 g/mol. The number of aromatic nitrogens is 2. The molecule has 0 saturated heterocycles. The third-order valence-electron chi connectivity index (χ3n) is 3.26. The molecule has 1 heterocycles. The van der Waals surface area contributed by atoms with Crippen LogP contribution in [0.15, 0.2) is 53.1 Å². The molecule has 1 amide bonds. The Morgan fingerprint density at radius 3 is 2.83 bits per heavy atom. The summed E-state index contributed by atoms with van der Waals surface area (Å²) in [7, 11) is 0. The van der Waals surface area contributed by atoms with Gasteiger partial charge in [0.15, 0.2) is 0 Å². The Morgan fingerprint density at radius 1 is 1.22 bits per heavy atom. The van der Waals surface area contributed by atoms with Crippen LogP contribution in [0.4, 0.5) is 4.39 Å². The summed E-state index contributed by atoms with van der Waals surface area (Å²) in [5.41, 5.74) is 1.81. The van der Waals surface area contributed by atoms with Crippen LogP contribution in [0.2, 0.25) is 0 Å². The first-order chi connectivity index (χ1) is 11.1. The number of benzene rings is 2. The molecule has 23 heavy (non-hydrogen) atoms. The lowest BCUT2D eigenvalue weighted by atomic mass is 10.1. The minimum atomic E-state index is -0.427. The second-order valence-electron chi connectivity index (χ2n) is 5.04. The van der Waals surface area contributed by atoms with E-state index in [-0.39, 0.29) is 29.7 Å². The van der Waals surface area contributed by atoms with Gasteiger partial charge in [-0.05, 0) is 31.2 Å². The van der Waals surface area contributed by atoms with E-state index in [2.05, 4.69) is 15.5 Å². The molecule has 0 saturated carbocycles. The normalized spacial score (nSPS) is 10.5. The predicted molar refractivity (Wildman–Crippen MR) is 82.0 cm³/mol. The molecule has 0 aliphatic rings. The largest absolute Gasteiger partial charge is 0.343 e. The average molecular weight is 311 g/mol. The Balaban J connectivity index is 1.68. The van der Waals surface area contributed by atoms with E-state index in [1.165, 1.54) is 6.07 Å². The molecule has 0 radical (unpaired) electrons. The zero-order chi connectivity index (χ0) is 16.2. The highest BCUT2D eigenvalue weighted by Gasteiger charge is 2.13. The van der Waals surface area contributed by atoms with Gasteiger partial charge in [0, 0.05) is 5.56 Å². The van der Waals surface area contributed by atoms with E-state index in [4.69, 9.17) is 4.52 Å². The van der Waals surface area contributed by atoms with Crippen molar-refractivity contribution in [2.45, 2.75) is 13.5 Å². The maximum atomic E-state index is 13.7. The lowest BCUT2D eigenvalue weighted by Crippen LogP contribution is -2.22. The van der Waals surface area contributed by atoms with Gasteiger partial charge in [-0.3, -0.25) is 4.79 Å². The first-order valence-electron chi connectivity index (χ1n) is 7.06. The summed E-state index contributed by atoms with van der Waals surface area (Å²) < 4.78 is 18.7. The lowest BCUT2D eigenvalue weighted by molar-refractivity contribution is 0.0946. The molecule has 5 nitrogen and oxygen atoms in total. The second kappa shape index (κ2) is 6.39. The van der Waals surface area contributed by atoms with E-state index in [1.807, 2.05) is 19.1 Å². The third-order valence-corrected chi connectivity index (χ3v) is 3.26. The van der Waals surface area contributed by atoms with Crippen molar-refractivity contribution in [1.82, 2.24) is 15.5 Å². The zero-order valence-electron chi connectivity index (χ0n) is 12.4. The molecule has 0 unspecified atom stereocenters. The van der Waals surface area contributed by atoms with Crippen molar-refractivity contribution in [3.8, 4) is 11.4 Å². The molecule has 1 N–H and O–H groups in total. The quantitative estimate of drug-likeness (QED) is 0.804. The van der Waals surface area contributed by atoms with Gasteiger partial charge in [-0.2, -0.15) is 4.98 Å². The molecule has 0 aliphatic heterocycles. The highest BCUT2D eigenvalue weighted by molar-refractivity contribution is 5.94. The van der Waals surface area contributed by atoms with Crippen molar-refractivity contribution in [3.63, 3.8) is 0 Å². The Labute approximate surface area is 132 Å². The van der Waals surface area contributed by atoms with Crippen LogP contribution in [0.3, 0.4) is 0 Å². The monoisotopic (exact) mass is 311 g/mol. The number of rotatable bonds is 4. The summed E-state index contributed by atoms with van der Waals surface area (Å²) in [6.07, 6.45) is 0. The molecule has 0 bridgehead atoms. The summed E-state index contributed by atoms with van der Waals surface area (Å²) in [5, 5.41) is 6.43. The third kappa shape index (κ3) is 3.42. The number of aryl methyl sites for hydroxylation is 1. The number of nitrogens with zero attached hydrogens (tertiary/aromatic N) is 2. The summed E-state index contributed by atoms with van der Waals surface area (Å²) in [6, 6.07) is 13.4. The van der Waals surface area contributed by atoms with Gasteiger partial charge in [-0.25, -0.2) is 4.39 Å². The van der Waals surface area contributed by atoms with Crippen molar-refractivity contribution in [2.24, 2.45) is 0 Å². The number of hydrogen-bond acceptors (Lipinski definition) is 4. The van der Waals surface area contributed by atoms with Gasteiger partial charge in [0.1, 0.15) is 5.82 Å². The zero-order valence-corrected chi connectivity index (χ0v) is 12.4. The average Bonchev–Trinajstić information content (AvgIpc) is 3.02. The van der Waals surface area contributed by atoms with E-state index in [0.29, 0.717) is 5.56 Å². The smallest absolute Gasteiger partial charge is 0.251 e. The summed E-state index contributed by atoms with van der Waals surface area (Å²) in [6.45, 7) is 1.99. The van der Waals surface area contributed by atoms with Crippen LogP contribution >= 0.6 is 0 Å². The Hall–Kier alpha value is -3.02. The molecule has 6 heteroatoms. The summed E-state index contributed by atoms with van der Waals surface area (Å²) >= 11 is 0. The molecule has 0 atom stereocenters. The Kier molecular flexibility index (Phi) is 4.14. The minimum absolute atomic E-state index is 0.0776. The number of nitrogens with one attached hydrogen (secondary N) is 1. The van der Waals surface area contributed by atoms with Gasteiger partial charge in [-0.1, -0.05) is 35.0 Å². The van der Waals surface area contributed by atoms with Crippen LogP contribution in [0.1, 0.15) is 21.8 Å². The molecule has 3 aromatic rings. The fourth-order valence-corrected chi connectivity index (χ4v) is 2.12. The van der Waals surface area contributed by atoms with E-state index in [9.17, 15) is 9.18 Å². The van der Waals surface area contributed by atoms with Crippen LogP contribution in [0.5, 0.6) is 0 Å². The van der Waals surface area contributed by atoms with Gasteiger partial charge in [0.25, 0.3) is 5.91 Å². The molecule has 2 aromatic carbocycles. The first kappa shape index (κ1) is 14.9. The van der Waals surface area contributed by atoms with Gasteiger partial charge in [-0.15, -0.1) is 0 Å². The first-order valence-corrected chi connectivity index (χ1v) is 7.06. The number of carbonyl (C=O) groups is 1. The lowest BCUT2D eigenvalue weighted by Gasteiger charge is -2.02. The van der Waals surface area contributed by atoms with Gasteiger partial charge in [0.05, 0.1) is 12.1 Å². The number of carbonyl (C=O) groups excluding carboxylic acids is 1. The van der Waals surface area contributed by atoms with Gasteiger partial charge in [0.2, 0.25) is 11.7 Å². The topological polar surface area (TPSA) is 68.0 Å². The van der Waals surface area contributed by atoms with Crippen LogP contribution < -0.4 is 5.32 Å². The molecule has 0 aliphatic carbocycles. The number of halogens is 1. The van der Waals surface area contributed by atoms with Crippen molar-refractivity contribution < 1.29 is 13.7 Å². The molecular formula is C17H14FN3O2. The second-order valence-corrected chi connectivity index (χ2v) is 5.04. The van der Waals surface area contributed by atoms with Crippen molar-refractivity contribution in [2.75, 3.05) is 0 Å². The summed E-state index contributed by atoms with van der Waals surface area (Å²) in [4.78, 5) is 16.1. The number of amides is 1. The summed E-state index contributed by atoms with van der Waals surface area (Å²) in [5.74, 6) is -0.296. The van der Waals surface area contributed by atoms with E-state index in [1.54, 1.807) is 30.3 Å². The van der Waals surface area contributed by atoms with Crippen molar-refractivity contribution in [1.29, 1.82) is 0 Å². The maximum absolute atomic E-state index is 13.7. The fourth-order valence-electron chi connectivity index (χ4n) is 2.12. The van der Waals surface area contributed by atoms with Crippen LogP contribution in [0.25, 0.3) is 11.4 Å². The van der Waals surface area contributed by atoms with E-state index in [0.717, 1.165) is 5.56 Å². The van der Waals surface area contributed by atoms with E-state index >= 15 is 0 Å². The van der Waals surface area contributed by atoms with Crippen LogP contribution in [0, 0.1) is 12.7 Å². The molecule has 116 valence electrons.